The van der Waals surface area contributed by atoms with Crippen molar-refractivity contribution in [1.29, 1.82) is 0 Å². The van der Waals surface area contributed by atoms with Gasteiger partial charge in [0.1, 0.15) is 10.8 Å². The van der Waals surface area contributed by atoms with Gasteiger partial charge in [0, 0.05) is 35.4 Å². The number of rotatable bonds is 3. The third kappa shape index (κ3) is 2.22. The average Bonchev–Trinajstić information content (AvgIpc) is 3.07. The van der Waals surface area contributed by atoms with E-state index < -0.39 is 0 Å². The third-order valence-corrected chi connectivity index (χ3v) is 3.74. The number of aromatic amines is 1. The van der Waals surface area contributed by atoms with Crippen LogP contribution in [0.1, 0.15) is 4.88 Å². The van der Waals surface area contributed by atoms with Crippen molar-refractivity contribution in [2.45, 2.75) is 6.92 Å². The topological polar surface area (TPSA) is 66.5 Å². The van der Waals surface area contributed by atoms with Crippen LogP contribution in [0.3, 0.4) is 0 Å². The van der Waals surface area contributed by atoms with E-state index in [1.165, 1.54) is 4.88 Å². The molecule has 0 amide bonds. The summed E-state index contributed by atoms with van der Waals surface area (Å²) in [5.41, 5.74) is 2.93. The minimum Gasteiger partial charge on any atom is -0.373 e. The standard InChI is InChI=1S/C13H13N5S/c1-8-5-16-13(19-8)11-4-3-9(6-15-11)10-7-17-18-12(10)14-2/h3-7H,1-2H3,(H2,14,17,18). The second-order valence-corrected chi connectivity index (χ2v) is 5.35. The minimum absolute atomic E-state index is 0.889. The maximum absolute atomic E-state index is 4.47. The van der Waals surface area contributed by atoms with Gasteiger partial charge in [-0.3, -0.25) is 10.1 Å². The lowest BCUT2D eigenvalue weighted by molar-refractivity contribution is 1.09. The largest absolute Gasteiger partial charge is 0.373 e. The lowest BCUT2D eigenvalue weighted by Crippen LogP contribution is -1.91. The summed E-state index contributed by atoms with van der Waals surface area (Å²) >= 11 is 1.65. The van der Waals surface area contributed by atoms with Gasteiger partial charge in [-0.2, -0.15) is 5.10 Å². The summed E-state index contributed by atoms with van der Waals surface area (Å²) in [4.78, 5) is 10.00. The first-order valence-corrected chi connectivity index (χ1v) is 6.70. The van der Waals surface area contributed by atoms with Crippen LogP contribution in [-0.2, 0) is 0 Å². The molecule has 3 rings (SSSR count). The number of aryl methyl sites for hydroxylation is 1. The van der Waals surface area contributed by atoms with Crippen LogP contribution in [0.2, 0.25) is 0 Å². The van der Waals surface area contributed by atoms with Gasteiger partial charge in [0.25, 0.3) is 0 Å². The molecular weight excluding hydrogens is 258 g/mol. The summed E-state index contributed by atoms with van der Waals surface area (Å²) in [5.74, 6) is 0.889. The van der Waals surface area contributed by atoms with Crippen LogP contribution in [0.15, 0.2) is 30.7 Å². The Morgan fingerprint density at radius 1 is 1.16 bits per heavy atom. The van der Waals surface area contributed by atoms with Crippen LogP contribution in [-0.4, -0.2) is 27.2 Å². The minimum atomic E-state index is 0.889. The predicted octanol–water partition coefficient (Wildman–Crippen LogP) is 2.95. The van der Waals surface area contributed by atoms with Crippen molar-refractivity contribution in [2.24, 2.45) is 0 Å². The molecular formula is C13H13N5S. The Hall–Kier alpha value is -2.21. The average molecular weight is 271 g/mol. The number of hydrogen-bond acceptors (Lipinski definition) is 5. The summed E-state index contributed by atoms with van der Waals surface area (Å²) in [6.07, 6.45) is 5.50. The zero-order valence-electron chi connectivity index (χ0n) is 10.6. The predicted molar refractivity (Wildman–Crippen MR) is 77.2 cm³/mol. The van der Waals surface area contributed by atoms with Gasteiger partial charge in [-0.15, -0.1) is 11.3 Å². The number of H-pyrrole nitrogens is 1. The first-order chi connectivity index (χ1) is 9.28. The molecule has 6 heteroatoms. The quantitative estimate of drug-likeness (QED) is 0.768. The van der Waals surface area contributed by atoms with Crippen LogP contribution in [0.25, 0.3) is 21.8 Å². The number of nitrogens with one attached hydrogen (secondary N) is 2. The highest BCUT2D eigenvalue weighted by atomic mass is 32.1. The van der Waals surface area contributed by atoms with Crippen molar-refractivity contribution in [2.75, 3.05) is 12.4 Å². The van der Waals surface area contributed by atoms with Crippen molar-refractivity contribution in [3.8, 4) is 21.8 Å². The number of pyridine rings is 1. The number of nitrogens with zero attached hydrogens (tertiary/aromatic N) is 3. The lowest BCUT2D eigenvalue weighted by atomic mass is 10.1. The maximum atomic E-state index is 4.47. The second-order valence-electron chi connectivity index (χ2n) is 4.12. The van der Waals surface area contributed by atoms with Crippen molar-refractivity contribution in [3.63, 3.8) is 0 Å². The Morgan fingerprint density at radius 2 is 2.05 bits per heavy atom. The van der Waals surface area contributed by atoms with Gasteiger partial charge in [0.15, 0.2) is 0 Å². The van der Waals surface area contributed by atoms with E-state index in [-0.39, 0.29) is 0 Å². The number of anilines is 1. The first kappa shape index (κ1) is 11.9. The van der Waals surface area contributed by atoms with Gasteiger partial charge >= 0.3 is 0 Å². The molecule has 0 radical (unpaired) electrons. The van der Waals surface area contributed by atoms with Crippen LogP contribution >= 0.6 is 11.3 Å². The highest BCUT2D eigenvalue weighted by molar-refractivity contribution is 7.14. The lowest BCUT2D eigenvalue weighted by Gasteiger charge is -2.02. The molecule has 0 atom stereocenters. The molecule has 19 heavy (non-hydrogen) atoms. The van der Waals surface area contributed by atoms with Crippen LogP contribution in [0.4, 0.5) is 5.82 Å². The van der Waals surface area contributed by atoms with Gasteiger partial charge < -0.3 is 5.32 Å². The van der Waals surface area contributed by atoms with Crippen molar-refractivity contribution >= 4 is 17.2 Å². The van der Waals surface area contributed by atoms with E-state index in [1.54, 1.807) is 17.5 Å². The van der Waals surface area contributed by atoms with Crippen LogP contribution in [0.5, 0.6) is 0 Å². The fourth-order valence-corrected chi connectivity index (χ4v) is 2.59. The third-order valence-electron chi connectivity index (χ3n) is 2.80. The molecule has 3 aromatic rings. The van der Waals surface area contributed by atoms with Crippen LogP contribution in [0, 0.1) is 6.92 Å². The van der Waals surface area contributed by atoms with Gasteiger partial charge in [0.05, 0.1) is 11.9 Å². The molecule has 0 saturated carbocycles. The highest BCUT2D eigenvalue weighted by Crippen LogP contribution is 2.28. The number of aromatic nitrogens is 4. The first-order valence-electron chi connectivity index (χ1n) is 5.88. The number of thiazole rings is 1. The van der Waals surface area contributed by atoms with Gasteiger partial charge in [0.2, 0.25) is 0 Å². The van der Waals surface area contributed by atoms with Crippen molar-refractivity contribution < 1.29 is 0 Å². The maximum Gasteiger partial charge on any atom is 0.142 e. The smallest absolute Gasteiger partial charge is 0.142 e. The second kappa shape index (κ2) is 4.81. The van der Waals surface area contributed by atoms with E-state index in [0.717, 1.165) is 27.6 Å². The summed E-state index contributed by atoms with van der Waals surface area (Å²) in [5, 5.41) is 10.9. The molecule has 3 heterocycles. The molecule has 5 nitrogen and oxygen atoms in total. The van der Waals surface area contributed by atoms with Crippen LogP contribution < -0.4 is 5.32 Å². The summed E-state index contributed by atoms with van der Waals surface area (Å²) < 4.78 is 0. The van der Waals surface area contributed by atoms with E-state index in [9.17, 15) is 0 Å². The molecule has 0 spiro atoms. The Bertz CT molecular complexity index is 683. The summed E-state index contributed by atoms with van der Waals surface area (Å²) in [7, 11) is 1.86. The molecule has 0 aliphatic rings. The molecule has 0 bridgehead atoms. The summed E-state index contributed by atoms with van der Waals surface area (Å²) in [6.45, 7) is 2.04. The Morgan fingerprint density at radius 3 is 2.68 bits per heavy atom. The molecule has 0 saturated heterocycles. The van der Waals surface area contributed by atoms with E-state index in [2.05, 4.69) is 25.5 Å². The summed E-state index contributed by atoms with van der Waals surface area (Å²) in [6, 6.07) is 4.02. The molecule has 0 aliphatic heterocycles. The van der Waals surface area contributed by atoms with E-state index in [1.807, 2.05) is 38.5 Å². The van der Waals surface area contributed by atoms with Gasteiger partial charge in [-0.25, -0.2) is 4.98 Å². The Balaban J connectivity index is 1.95. The normalized spacial score (nSPS) is 10.6. The highest BCUT2D eigenvalue weighted by Gasteiger charge is 2.08. The molecule has 0 aliphatic carbocycles. The molecule has 96 valence electrons. The van der Waals surface area contributed by atoms with Gasteiger partial charge in [-0.1, -0.05) is 6.07 Å². The monoisotopic (exact) mass is 271 g/mol. The molecule has 0 aromatic carbocycles. The molecule has 0 fully saturated rings. The number of hydrogen-bond donors (Lipinski definition) is 2. The fourth-order valence-electron chi connectivity index (χ4n) is 1.85. The van der Waals surface area contributed by atoms with E-state index in [0.29, 0.717) is 0 Å². The molecule has 2 N–H and O–H groups in total. The molecule has 3 aromatic heterocycles. The SMILES string of the molecule is CNc1[nH]ncc1-c1ccc(-c2ncc(C)s2)nc1. The zero-order valence-corrected chi connectivity index (χ0v) is 11.5. The van der Waals surface area contributed by atoms with E-state index in [4.69, 9.17) is 0 Å². The zero-order chi connectivity index (χ0) is 13.2. The molecule has 0 unspecified atom stereocenters. The van der Waals surface area contributed by atoms with Crippen molar-refractivity contribution in [3.05, 3.63) is 35.6 Å². The Kier molecular flexibility index (Phi) is 3.00. The Labute approximate surface area is 114 Å². The van der Waals surface area contributed by atoms with Crippen molar-refractivity contribution in [1.82, 2.24) is 20.2 Å². The van der Waals surface area contributed by atoms with E-state index >= 15 is 0 Å². The van der Waals surface area contributed by atoms with Gasteiger partial charge in [-0.05, 0) is 13.0 Å². The fraction of sp³-hybridized carbons (Fsp3) is 0.154.